The average Bonchev–Trinajstić information content (AvgIpc) is 2.02. The summed E-state index contributed by atoms with van der Waals surface area (Å²) in [5.41, 5.74) is -1.10. The maximum Gasteiger partial charge on any atom is 0.506 e. The van der Waals surface area contributed by atoms with Crippen LogP contribution in [-0.2, 0) is 4.74 Å². The molecule has 0 atom stereocenters. The van der Waals surface area contributed by atoms with Gasteiger partial charge in [-0.25, -0.2) is 4.79 Å². The fourth-order valence-corrected chi connectivity index (χ4v) is 1.49. The summed E-state index contributed by atoms with van der Waals surface area (Å²) in [5.74, 6) is 0. The molecular formula is C11H16O3. The molecule has 0 bridgehead atoms. The van der Waals surface area contributed by atoms with Crippen molar-refractivity contribution in [2.24, 2.45) is 5.41 Å². The fraction of sp³-hybridized carbons (Fsp3) is 0.545. The zero-order valence-corrected chi connectivity index (χ0v) is 8.78. The molecule has 0 aromatic rings. The van der Waals surface area contributed by atoms with Crippen LogP contribution in [0.4, 0.5) is 4.79 Å². The Balaban J connectivity index is 3.01. The molecule has 14 heavy (non-hydrogen) atoms. The van der Waals surface area contributed by atoms with E-state index in [1.807, 2.05) is 45.1 Å². The van der Waals surface area contributed by atoms with Crippen LogP contribution in [0.1, 0.15) is 27.2 Å². The number of carboxylic acid groups (broad SMARTS) is 1. The predicted molar refractivity (Wildman–Crippen MR) is 54.2 cm³/mol. The third-order valence-corrected chi connectivity index (χ3v) is 2.43. The van der Waals surface area contributed by atoms with Crippen LogP contribution in [0.15, 0.2) is 24.3 Å². The van der Waals surface area contributed by atoms with E-state index in [1.165, 1.54) is 0 Å². The van der Waals surface area contributed by atoms with Crippen LogP contribution in [-0.4, -0.2) is 16.9 Å². The number of ether oxygens (including phenoxy) is 1. The summed E-state index contributed by atoms with van der Waals surface area (Å²) < 4.78 is 4.99. The van der Waals surface area contributed by atoms with E-state index in [1.54, 1.807) is 0 Å². The molecule has 0 spiro atoms. The second kappa shape index (κ2) is 3.48. The van der Waals surface area contributed by atoms with Gasteiger partial charge in [0.2, 0.25) is 0 Å². The predicted octanol–water partition coefficient (Wildman–Crippen LogP) is 2.98. The highest BCUT2D eigenvalue weighted by Gasteiger charge is 2.42. The van der Waals surface area contributed by atoms with Crippen LogP contribution in [0.3, 0.4) is 0 Å². The minimum Gasteiger partial charge on any atom is -0.450 e. The van der Waals surface area contributed by atoms with E-state index in [2.05, 4.69) is 0 Å². The lowest BCUT2D eigenvalue weighted by Crippen LogP contribution is -2.44. The summed E-state index contributed by atoms with van der Waals surface area (Å²) in [6.45, 7) is 5.86. The molecule has 0 heterocycles. The van der Waals surface area contributed by atoms with Gasteiger partial charge in [-0.2, -0.15) is 0 Å². The SMILES string of the molecule is CC(C)(C)C1(OC(=O)O)C=CCC=C1. The minimum absolute atomic E-state index is 0.279. The molecule has 1 aliphatic carbocycles. The molecule has 78 valence electrons. The molecule has 0 aromatic heterocycles. The molecule has 0 saturated carbocycles. The molecule has 0 fully saturated rings. The molecule has 0 aromatic carbocycles. The van der Waals surface area contributed by atoms with Gasteiger partial charge in [0.05, 0.1) is 0 Å². The monoisotopic (exact) mass is 196 g/mol. The zero-order chi connectivity index (χ0) is 10.8. The van der Waals surface area contributed by atoms with Gasteiger partial charge in [-0.3, -0.25) is 0 Å². The molecule has 0 saturated heterocycles. The van der Waals surface area contributed by atoms with Gasteiger partial charge in [-0.15, -0.1) is 0 Å². The normalized spacial score (nSPS) is 19.4. The van der Waals surface area contributed by atoms with E-state index in [4.69, 9.17) is 9.84 Å². The summed E-state index contributed by atoms with van der Waals surface area (Å²) in [4.78, 5) is 10.6. The summed E-state index contributed by atoms with van der Waals surface area (Å²) in [5, 5.41) is 8.70. The van der Waals surface area contributed by atoms with Crippen molar-refractivity contribution in [1.29, 1.82) is 0 Å². The van der Waals surface area contributed by atoms with Crippen molar-refractivity contribution in [1.82, 2.24) is 0 Å². The first-order valence-corrected chi connectivity index (χ1v) is 4.65. The van der Waals surface area contributed by atoms with E-state index < -0.39 is 11.8 Å². The molecule has 3 nitrogen and oxygen atoms in total. The number of rotatable bonds is 1. The molecule has 1 N–H and O–H groups in total. The van der Waals surface area contributed by atoms with E-state index in [-0.39, 0.29) is 5.41 Å². The van der Waals surface area contributed by atoms with Crippen molar-refractivity contribution >= 4 is 6.16 Å². The van der Waals surface area contributed by atoms with E-state index in [9.17, 15) is 4.79 Å². The van der Waals surface area contributed by atoms with Gasteiger partial charge in [-0.1, -0.05) is 32.9 Å². The Morgan fingerprint density at radius 1 is 1.36 bits per heavy atom. The number of carbonyl (C=O) groups is 1. The standard InChI is InChI=1S/C11H16O3/c1-10(2,3)11(14-9(12)13)7-5-4-6-8-11/h5-8H,4H2,1-3H3,(H,12,13). The maximum absolute atomic E-state index is 10.6. The van der Waals surface area contributed by atoms with Gasteiger partial charge >= 0.3 is 6.16 Å². The van der Waals surface area contributed by atoms with Gasteiger partial charge < -0.3 is 9.84 Å². The lowest BCUT2D eigenvalue weighted by atomic mass is 9.74. The molecule has 0 amide bonds. The van der Waals surface area contributed by atoms with Crippen molar-refractivity contribution in [2.45, 2.75) is 32.8 Å². The van der Waals surface area contributed by atoms with Gasteiger partial charge in [0, 0.05) is 5.41 Å². The Morgan fingerprint density at radius 3 is 2.21 bits per heavy atom. The van der Waals surface area contributed by atoms with Crippen LogP contribution >= 0.6 is 0 Å². The topological polar surface area (TPSA) is 46.5 Å². The van der Waals surface area contributed by atoms with Gasteiger partial charge in [0.15, 0.2) is 5.60 Å². The summed E-state index contributed by atoms with van der Waals surface area (Å²) in [6, 6.07) is 0. The quantitative estimate of drug-likeness (QED) is 0.518. The maximum atomic E-state index is 10.6. The Kier molecular flexibility index (Phi) is 2.69. The van der Waals surface area contributed by atoms with Gasteiger partial charge in [-0.05, 0) is 18.6 Å². The first-order valence-electron chi connectivity index (χ1n) is 4.65. The lowest BCUT2D eigenvalue weighted by molar-refractivity contribution is -0.0222. The van der Waals surface area contributed by atoms with Crippen LogP contribution in [0, 0.1) is 5.41 Å². The Bertz CT molecular complexity index is 269. The second-order valence-electron chi connectivity index (χ2n) is 4.45. The summed E-state index contributed by atoms with van der Waals surface area (Å²) >= 11 is 0. The van der Waals surface area contributed by atoms with Gasteiger partial charge in [0.25, 0.3) is 0 Å². The first kappa shape index (κ1) is 10.8. The van der Waals surface area contributed by atoms with Crippen molar-refractivity contribution in [3.8, 4) is 0 Å². The molecule has 1 aliphatic rings. The van der Waals surface area contributed by atoms with Crippen molar-refractivity contribution < 1.29 is 14.6 Å². The number of allylic oxidation sites excluding steroid dienone is 2. The Hall–Kier alpha value is -1.25. The summed E-state index contributed by atoms with van der Waals surface area (Å²) in [7, 11) is 0. The van der Waals surface area contributed by atoms with Crippen LogP contribution in [0.2, 0.25) is 0 Å². The first-order chi connectivity index (χ1) is 6.37. The fourth-order valence-electron chi connectivity index (χ4n) is 1.49. The molecule has 3 heteroatoms. The van der Waals surface area contributed by atoms with Crippen LogP contribution < -0.4 is 0 Å². The molecule has 0 unspecified atom stereocenters. The summed E-state index contributed by atoms with van der Waals surface area (Å²) in [6.07, 6.45) is 7.09. The van der Waals surface area contributed by atoms with E-state index >= 15 is 0 Å². The van der Waals surface area contributed by atoms with Crippen molar-refractivity contribution in [3.63, 3.8) is 0 Å². The average molecular weight is 196 g/mol. The van der Waals surface area contributed by atoms with Crippen LogP contribution in [0.5, 0.6) is 0 Å². The van der Waals surface area contributed by atoms with Crippen molar-refractivity contribution in [3.05, 3.63) is 24.3 Å². The van der Waals surface area contributed by atoms with Crippen molar-refractivity contribution in [2.75, 3.05) is 0 Å². The number of hydrogen-bond acceptors (Lipinski definition) is 2. The smallest absolute Gasteiger partial charge is 0.450 e. The van der Waals surface area contributed by atoms with Crippen LogP contribution in [0.25, 0.3) is 0 Å². The molecule has 1 rings (SSSR count). The molecule has 0 radical (unpaired) electrons. The Morgan fingerprint density at radius 2 is 1.86 bits per heavy atom. The zero-order valence-electron chi connectivity index (χ0n) is 8.78. The highest BCUT2D eigenvalue weighted by molar-refractivity contribution is 5.59. The largest absolute Gasteiger partial charge is 0.506 e. The number of hydrogen-bond donors (Lipinski definition) is 1. The second-order valence-corrected chi connectivity index (χ2v) is 4.45. The highest BCUT2D eigenvalue weighted by atomic mass is 16.7. The third kappa shape index (κ3) is 1.97. The highest BCUT2D eigenvalue weighted by Crippen LogP contribution is 2.38. The molecule has 0 aliphatic heterocycles. The Labute approximate surface area is 84.1 Å². The third-order valence-electron chi connectivity index (χ3n) is 2.43. The lowest BCUT2D eigenvalue weighted by Gasteiger charge is -2.39. The van der Waals surface area contributed by atoms with E-state index in [0.29, 0.717) is 0 Å². The minimum atomic E-state index is -1.24. The molecular weight excluding hydrogens is 180 g/mol. The van der Waals surface area contributed by atoms with E-state index in [0.717, 1.165) is 6.42 Å². The van der Waals surface area contributed by atoms with Gasteiger partial charge in [0.1, 0.15) is 0 Å².